The molecule has 0 spiro atoms. The van der Waals surface area contributed by atoms with E-state index in [1.165, 1.54) is 4.90 Å². The van der Waals surface area contributed by atoms with Crippen LogP contribution in [-0.4, -0.2) is 43.6 Å². The standard InChI is InChI=1S/C18H27N3O4/c1-4-25-15-8-7-13(10-16(15)24-3)12(2)20-17(22)14-6-5-9-21(11-14)18(19)23/h7-8,10,12,14H,4-6,9,11H2,1-3H3,(H2,19,23)(H,20,22)/t12-,14-/m0/s1. The second-order valence-electron chi connectivity index (χ2n) is 6.20. The lowest BCUT2D eigenvalue weighted by Crippen LogP contribution is -2.47. The quantitative estimate of drug-likeness (QED) is 0.822. The number of nitrogens with one attached hydrogen (secondary N) is 1. The van der Waals surface area contributed by atoms with Gasteiger partial charge in [-0.1, -0.05) is 6.07 Å². The summed E-state index contributed by atoms with van der Waals surface area (Å²) >= 11 is 0. The van der Waals surface area contributed by atoms with Gasteiger partial charge in [-0.25, -0.2) is 4.79 Å². The number of piperidine rings is 1. The van der Waals surface area contributed by atoms with Gasteiger partial charge in [-0.3, -0.25) is 4.79 Å². The van der Waals surface area contributed by atoms with Gasteiger partial charge in [0.05, 0.1) is 25.7 Å². The molecule has 0 radical (unpaired) electrons. The molecule has 1 fully saturated rings. The van der Waals surface area contributed by atoms with Crippen molar-refractivity contribution >= 4 is 11.9 Å². The predicted molar refractivity (Wildman–Crippen MR) is 94.6 cm³/mol. The fraction of sp³-hybridized carbons (Fsp3) is 0.556. The molecule has 0 saturated carbocycles. The third-order valence-electron chi connectivity index (χ3n) is 4.45. The molecule has 2 rings (SSSR count). The first-order valence-corrected chi connectivity index (χ1v) is 8.61. The molecule has 3 amide bonds. The van der Waals surface area contributed by atoms with Crippen molar-refractivity contribution in [3.8, 4) is 11.5 Å². The molecule has 0 unspecified atom stereocenters. The molecule has 7 heteroatoms. The van der Waals surface area contributed by atoms with Gasteiger partial charge in [0.15, 0.2) is 11.5 Å². The molecular weight excluding hydrogens is 322 g/mol. The highest BCUT2D eigenvalue weighted by molar-refractivity contribution is 5.80. The van der Waals surface area contributed by atoms with E-state index >= 15 is 0 Å². The highest BCUT2D eigenvalue weighted by Gasteiger charge is 2.28. The number of nitrogens with zero attached hydrogens (tertiary/aromatic N) is 1. The van der Waals surface area contributed by atoms with Gasteiger partial charge in [0.2, 0.25) is 5.91 Å². The normalized spacial score (nSPS) is 18.4. The highest BCUT2D eigenvalue weighted by Crippen LogP contribution is 2.30. The molecule has 1 aromatic carbocycles. The average Bonchev–Trinajstić information content (AvgIpc) is 2.62. The summed E-state index contributed by atoms with van der Waals surface area (Å²) in [7, 11) is 1.59. The van der Waals surface area contributed by atoms with Crippen molar-refractivity contribution in [2.24, 2.45) is 11.7 Å². The number of carbonyl (C=O) groups is 2. The van der Waals surface area contributed by atoms with Gasteiger partial charge in [0.25, 0.3) is 0 Å². The van der Waals surface area contributed by atoms with Gasteiger partial charge >= 0.3 is 6.03 Å². The Morgan fingerprint density at radius 3 is 2.80 bits per heavy atom. The second kappa shape index (κ2) is 8.60. The van der Waals surface area contributed by atoms with Crippen LogP contribution in [0, 0.1) is 5.92 Å². The maximum atomic E-state index is 12.5. The first kappa shape index (κ1) is 18.9. The molecule has 0 aromatic heterocycles. The van der Waals surface area contributed by atoms with Crippen LogP contribution in [0.25, 0.3) is 0 Å². The Labute approximate surface area is 148 Å². The van der Waals surface area contributed by atoms with Crippen molar-refractivity contribution in [2.45, 2.75) is 32.7 Å². The minimum atomic E-state index is -0.471. The van der Waals surface area contributed by atoms with Crippen molar-refractivity contribution in [1.82, 2.24) is 10.2 Å². The van der Waals surface area contributed by atoms with Gasteiger partial charge in [-0.05, 0) is 44.4 Å². The number of hydrogen-bond acceptors (Lipinski definition) is 4. The van der Waals surface area contributed by atoms with E-state index < -0.39 is 6.03 Å². The van der Waals surface area contributed by atoms with Crippen LogP contribution in [0.1, 0.15) is 38.3 Å². The van der Waals surface area contributed by atoms with Crippen molar-refractivity contribution < 1.29 is 19.1 Å². The molecule has 1 aliphatic rings. The maximum absolute atomic E-state index is 12.5. The lowest BCUT2D eigenvalue weighted by Gasteiger charge is -2.31. The molecule has 1 saturated heterocycles. The molecule has 1 aliphatic heterocycles. The topological polar surface area (TPSA) is 93.9 Å². The molecule has 138 valence electrons. The monoisotopic (exact) mass is 349 g/mol. The van der Waals surface area contributed by atoms with Crippen LogP contribution in [-0.2, 0) is 4.79 Å². The number of nitrogens with two attached hydrogens (primary N) is 1. The zero-order valence-electron chi connectivity index (χ0n) is 15.1. The maximum Gasteiger partial charge on any atom is 0.314 e. The third kappa shape index (κ3) is 4.78. The van der Waals surface area contributed by atoms with Crippen LogP contribution in [0.5, 0.6) is 11.5 Å². The van der Waals surface area contributed by atoms with Crippen molar-refractivity contribution in [3.63, 3.8) is 0 Å². The van der Waals surface area contributed by atoms with Crippen LogP contribution in [0.2, 0.25) is 0 Å². The molecule has 25 heavy (non-hydrogen) atoms. The summed E-state index contributed by atoms with van der Waals surface area (Å²) in [5.41, 5.74) is 6.25. The zero-order chi connectivity index (χ0) is 18.4. The number of benzene rings is 1. The van der Waals surface area contributed by atoms with Gasteiger partial charge in [-0.2, -0.15) is 0 Å². The summed E-state index contributed by atoms with van der Waals surface area (Å²) in [6, 6.07) is 4.97. The van der Waals surface area contributed by atoms with Crippen LogP contribution in [0.15, 0.2) is 18.2 Å². The molecule has 2 atom stereocenters. The number of likely N-dealkylation sites (tertiary alicyclic amines) is 1. The van der Waals surface area contributed by atoms with Gasteiger partial charge in [-0.15, -0.1) is 0 Å². The van der Waals surface area contributed by atoms with Crippen molar-refractivity contribution in [3.05, 3.63) is 23.8 Å². The van der Waals surface area contributed by atoms with E-state index in [-0.39, 0.29) is 17.9 Å². The number of amides is 3. The number of rotatable bonds is 6. The number of carbonyl (C=O) groups excluding carboxylic acids is 2. The number of hydrogen-bond donors (Lipinski definition) is 2. The Kier molecular flexibility index (Phi) is 6.50. The second-order valence-corrected chi connectivity index (χ2v) is 6.20. The Hall–Kier alpha value is -2.44. The average molecular weight is 349 g/mol. The van der Waals surface area contributed by atoms with E-state index in [1.807, 2.05) is 32.0 Å². The molecule has 1 aromatic rings. The minimum absolute atomic E-state index is 0.0636. The summed E-state index contributed by atoms with van der Waals surface area (Å²) in [4.78, 5) is 25.4. The lowest BCUT2D eigenvalue weighted by atomic mass is 9.96. The highest BCUT2D eigenvalue weighted by atomic mass is 16.5. The molecule has 0 bridgehead atoms. The fourth-order valence-electron chi connectivity index (χ4n) is 3.03. The van der Waals surface area contributed by atoms with Gasteiger partial charge in [0.1, 0.15) is 0 Å². The predicted octanol–water partition coefficient (Wildman–Crippen LogP) is 2.06. The van der Waals surface area contributed by atoms with Crippen LogP contribution in [0.3, 0.4) is 0 Å². The first-order chi connectivity index (χ1) is 12.0. The SMILES string of the molecule is CCOc1ccc([C@H](C)NC(=O)[C@H]2CCCN(C(N)=O)C2)cc1OC. The Balaban J connectivity index is 2.02. The third-order valence-corrected chi connectivity index (χ3v) is 4.45. The fourth-order valence-corrected chi connectivity index (χ4v) is 3.03. The smallest absolute Gasteiger partial charge is 0.314 e. The number of primary amides is 1. The summed E-state index contributed by atoms with van der Waals surface area (Å²) < 4.78 is 10.9. The van der Waals surface area contributed by atoms with E-state index in [9.17, 15) is 9.59 Å². The summed E-state index contributed by atoms with van der Waals surface area (Å²) in [5.74, 6) is 1.02. The lowest BCUT2D eigenvalue weighted by molar-refractivity contribution is -0.126. The van der Waals surface area contributed by atoms with Crippen molar-refractivity contribution in [1.29, 1.82) is 0 Å². The first-order valence-electron chi connectivity index (χ1n) is 8.61. The summed E-state index contributed by atoms with van der Waals surface area (Å²) in [6.07, 6.45) is 1.54. The molecule has 1 heterocycles. The van der Waals surface area contributed by atoms with Crippen LogP contribution < -0.4 is 20.5 Å². The minimum Gasteiger partial charge on any atom is -0.493 e. The number of methoxy groups -OCH3 is 1. The largest absolute Gasteiger partial charge is 0.493 e. The number of ether oxygens (including phenoxy) is 2. The van der Waals surface area contributed by atoms with Crippen LogP contribution in [0.4, 0.5) is 4.79 Å². The van der Waals surface area contributed by atoms with E-state index in [0.29, 0.717) is 31.2 Å². The molecule has 3 N–H and O–H groups in total. The van der Waals surface area contributed by atoms with Crippen LogP contribution >= 0.6 is 0 Å². The Morgan fingerprint density at radius 1 is 1.40 bits per heavy atom. The number of urea groups is 1. The molecular formula is C18H27N3O4. The van der Waals surface area contributed by atoms with Crippen molar-refractivity contribution in [2.75, 3.05) is 26.8 Å². The zero-order valence-corrected chi connectivity index (χ0v) is 15.1. The Bertz CT molecular complexity index is 620. The Morgan fingerprint density at radius 2 is 2.16 bits per heavy atom. The van der Waals surface area contributed by atoms with Gasteiger partial charge in [0, 0.05) is 13.1 Å². The summed E-state index contributed by atoms with van der Waals surface area (Å²) in [5, 5.41) is 3.01. The summed E-state index contributed by atoms with van der Waals surface area (Å²) in [6.45, 7) is 5.38. The van der Waals surface area contributed by atoms with E-state index in [1.54, 1.807) is 7.11 Å². The molecule has 0 aliphatic carbocycles. The van der Waals surface area contributed by atoms with E-state index in [0.717, 1.165) is 18.4 Å². The molecule has 7 nitrogen and oxygen atoms in total. The van der Waals surface area contributed by atoms with E-state index in [4.69, 9.17) is 15.2 Å². The van der Waals surface area contributed by atoms with Gasteiger partial charge < -0.3 is 25.4 Å². The van der Waals surface area contributed by atoms with E-state index in [2.05, 4.69) is 5.32 Å².